The number of methoxy groups -OCH3 is 2. The Kier molecular flexibility index (Phi) is 4.72. The van der Waals surface area contributed by atoms with Gasteiger partial charge in [0, 0.05) is 0 Å². The molecule has 8 nitrogen and oxygen atoms in total. The van der Waals surface area contributed by atoms with E-state index in [2.05, 4.69) is 10.4 Å². The maximum Gasteiger partial charge on any atom is 0.346 e. The summed E-state index contributed by atoms with van der Waals surface area (Å²) >= 11 is 0. The minimum atomic E-state index is -1.23. The highest BCUT2D eigenvalue weighted by atomic mass is 16.5. The van der Waals surface area contributed by atoms with E-state index in [-0.39, 0.29) is 5.75 Å². The number of nitrogens with one attached hydrogen (secondary N) is 1. The highest BCUT2D eigenvalue weighted by molar-refractivity contribution is 6.07. The van der Waals surface area contributed by atoms with Crippen molar-refractivity contribution in [1.29, 1.82) is 0 Å². The van der Waals surface area contributed by atoms with Crippen molar-refractivity contribution in [3.63, 3.8) is 0 Å². The first-order valence-corrected chi connectivity index (χ1v) is 8.11. The van der Waals surface area contributed by atoms with E-state index in [9.17, 15) is 14.7 Å². The van der Waals surface area contributed by atoms with Crippen LogP contribution in [0.15, 0.2) is 47.6 Å². The molecule has 1 heterocycles. The number of nitrogens with zero attached hydrogens (tertiary/aromatic N) is 2. The van der Waals surface area contributed by atoms with Crippen LogP contribution in [0.4, 0.5) is 4.79 Å². The monoisotopic (exact) mass is 369 g/mol. The van der Waals surface area contributed by atoms with Crippen molar-refractivity contribution in [2.24, 2.45) is 5.10 Å². The zero-order valence-corrected chi connectivity index (χ0v) is 15.1. The van der Waals surface area contributed by atoms with Crippen LogP contribution in [0.3, 0.4) is 0 Å². The number of carbonyl (C=O) groups excluding carboxylic acids is 2. The fraction of sp³-hybridized carbons (Fsp3) is 0.211. The van der Waals surface area contributed by atoms with Gasteiger partial charge >= 0.3 is 6.03 Å². The topological polar surface area (TPSA) is 100 Å². The standard InChI is InChI=1S/C19H19N3O5/c1-19(13-5-7-14(26-2)8-6-13)17(24)22(18(25)21-19)20-11-12-4-9-16(27-3)15(23)10-12/h4-11,23H,1-3H3,(H,21,25)/b20-11-/t19-/m0/s1. The van der Waals surface area contributed by atoms with Gasteiger partial charge in [0.15, 0.2) is 11.5 Å². The number of phenols is 1. The second-order valence-corrected chi connectivity index (χ2v) is 6.08. The van der Waals surface area contributed by atoms with E-state index >= 15 is 0 Å². The molecule has 0 spiro atoms. The number of urea groups is 1. The molecule has 1 aliphatic rings. The SMILES string of the molecule is COc1ccc([C@]2(C)NC(=O)N(/N=C\c3ccc(OC)c(O)c3)C2=O)cc1. The van der Waals surface area contributed by atoms with Gasteiger partial charge in [0.2, 0.25) is 0 Å². The third-order valence-electron chi connectivity index (χ3n) is 4.36. The van der Waals surface area contributed by atoms with Gasteiger partial charge in [-0.2, -0.15) is 5.10 Å². The van der Waals surface area contributed by atoms with E-state index in [1.165, 1.54) is 19.4 Å². The highest BCUT2D eigenvalue weighted by Crippen LogP contribution is 2.30. The Morgan fingerprint density at radius 2 is 1.81 bits per heavy atom. The summed E-state index contributed by atoms with van der Waals surface area (Å²) in [6.45, 7) is 1.61. The van der Waals surface area contributed by atoms with Crippen LogP contribution in [0.1, 0.15) is 18.1 Å². The van der Waals surface area contributed by atoms with Crippen molar-refractivity contribution in [2.75, 3.05) is 14.2 Å². The maximum absolute atomic E-state index is 12.8. The molecule has 140 valence electrons. The molecule has 1 saturated heterocycles. The van der Waals surface area contributed by atoms with Crippen molar-refractivity contribution in [1.82, 2.24) is 10.3 Å². The molecule has 27 heavy (non-hydrogen) atoms. The lowest BCUT2D eigenvalue weighted by molar-refractivity contribution is -0.131. The van der Waals surface area contributed by atoms with Crippen LogP contribution in [0.5, 0.6) is 17.2 Å². The lowest BCUT2D eigenvalue weighted by Crippen LogP contribution is -2.40. The van der Waals surface area contributed by atoms with Gasteiger partial charge in [0.05, 0.1) is 20.4 Å². The van der Waals surface area contributed by atoms with E-state index in [0.29, 0.717) is 22.6 Å². The average Bonchev–Trinajstić information content (AvgIpc) is 2.89. The first-order chi connectivity index (χ1) is 12.9. The predicted octanol–water partition coefficient (Wildman–Crippen LogP) is 2.21. The molecule has 2 aromatic carbocycles. The van der Waals surface area contributed by atoms with Gasteiger partial charge in [-0.05, 0) is 48.4 Å². The Morgan fingerprint density at radius 1 is 1.11 bits per heavy atom. The summed E-state index contributed by atoms with van der Waals surface area (Å²) < 4.78 is 10.1. The number of benzene rings is 2. The van der Waals surface area contributed by atoms with Gasteiger partial charge in [0.25, 0.3) is 5.91 Å². The van der Waals surface area contributed by atoms with Crippen LogP contribution < -0.4 is 14.8 Å². The number of amides is 3. The second-order valence-electron chi connectivity index (χ2n) is 6.08. The Hall–Kier alpha value is -3.55. The van der Waals surface area contributed by atoms with Crippen LogP contribution >= 0.6 is 0 Å². The number of ether oxygens (including phenoxy) is 2. The maximum atomic E-state index is 12.8. The number of hydrogen-bond acceptors (Lipinski definition) is 6. The van der Waals surface area contributed by atoms with Crippen LogP contribution in [-0.2, 0) is 10.3 Å². The molecule has 3 rings (SSSR count). The van der Waals surface area contributed by atoms with Crippen molar-refractivity contribution in [2.45, 2.75) is 12.5 Å². The molecule has 1 aliphatic heterocycles. The van der Waals surface area contributed by atoms with Gasteiger partial charge in [0.1, 0.15) is 11.3 Å². The Morgan fingerprint density at radius 3 is 2.41 bits per heavy atom. The molecule has 2 aromatic rings. The summed E-state index contributed by atoms with van der Waals surface area (Å²) in [5.74, 6) is 0.385. The molecule has 1 atom stereocenters. The van der Waals surface area contributed by atoms with Crippen molar-refractivity contribution in [3.05, 3.63) is 53.6 Å². The van der Waals surface area contributed by atoms with Gasteiger partial charge in [-0.1, -0.05) is 12.1 Å². The van der Waals surface area contributed by atoms with E-state index in [1.807, 2.05) is 0 Å². The molecule has 0 saturated carbocycles. The largest absolute Gasteiger partial charge is 0.504 e. The summed E-state index contributed by atoms with van der Waals surface area (Å²) in [5.41, 5.74) is -0.115. The number of rotatable bonds is 5. The average molecular weight is 369 g/mol. The van der Waals surface area contributed by atoms with Crippen molar-refractivity contribution >= 4 is 18.2 Å². The molecule has 8 heteroatoms. The third kappa shape index (κ3) is 3.29. The lowest BCUT2D eigenvalue weighted by atomic mass is 9.92. The molecule has 2 N–H and O–H groups in total. The number of hydrazone groups is 1. The van der Waals surface area contributed by atoms with E-state index in [4.69, 9.17) is 9.47 Å². The normalized spacial score (nSPS) is 19.4. The Labute approximate surface area is 156 Å². The molecule has 0 unspecified atom stereocenters. The summed E-state index contributed by atoms with van der Waals surface area (Å²) in [4.78, 5) is 25.1. The Balaban J connectivity index is 1.84. The molecule has 1 fully saturated rings. The quantitative estimate of drug-likeness (QED) is 0.622. The summed E-state index contributed by atoms with van der Waals surface area (Å²) in [7, 11) is 2.99. The summed E-state index contributed by atoms with van der Waals surface area (Å²) in [6.07, 6.45) is 1.32. The zero-order chi connectivity index (χ0) is 19.6. The summed E-state index contributed by atoms with van der Waals surface area (Å²) in [5, 5.41) is 17.2. The second kappa shape index (κ2) is 6.99. The fourth-order valence-electron chi connectivity index (χ4n) is 2.76. The van der Waals surface area contributed by atoms with Crippen LogP contribution in [0.25, 0.3) is 0 Å². The minimum absolute atomic E-state index is 0.0679. The number of hydrogen-bond donors (Lipinski definition) is 2. The molecule has 0 aliphatic carbocycles. The smallest absolute Gasteiger partial charge is 0.346 e. The first-order valence-electron chi connectivity index (χ1n) is 8.11. The zero-order valence-electron chi connectivity index (χ0n) is 15.1. The molecular formula is C19H19N3O5. The van der Waals surface area contributed by atoms with E-state index in [0.717, 1.165) is 5.01 Å². The fourth-order valence-corrected chi connectivity index (χ4v) is 2.76. The molecule has 0 aromatic heterocycles. The number of phenolic OH excluding ortho intramolecular Hbond substituents is 1. The van der Waals surface area contributed by atoms with Crippen molar-refractivity contribution < 1.29 is 24.2 Å². The van der Waals surface area contributed by atoms with Crippen LogP contribution in [-0.4, -0.2) is 42.5 Å². The van der Waals surface area contributed by atoms with Gasteiger partial charge in [-0.25, -0.2) is 4.79 Å². The van der Waals surface area contributed by atoms with Crippen LogP contribution in [0.2, 0.25) is 0 Å². The predicted molar refractivity (Wildman–Crippen MR) is 98.0 cm³/mol. The van der Waals surface area contributed by atoms with Gasteiger partial charge in [-0.15, -0.1) is 5.01 Å². The lowest BCUT2D eigenvalue weighted by Gasteiger charge is -2.21. The summed E-state index contributed by atoms with van der Waals surface area (Å²) in [6, 6.07) is 10.8. The van der Waals surface area contributed by atoms with E-state index in [1.54, 1.807) is 50.4 Å². The molecule has 0 radical (unpaired) electrons. The molecule has 3 amide bonds. The Bertz CT molecular complexity index is 910. The number of carbonyl (C=O) groups is 2. The van der Waals surface area contributed by atoms with E-state index < -0.39 is 17.5 Å². The van der Waals surface area contributed by atoms with Gasteiger partial charge < -0.3 is 19.9 Å². The van der Waals surface area contributed by atoms with Crippen molar-refractivity contribution in [3.8, 4) is 17.2 Å². The van der Waals surface area contributed by atoms with Gasteiger partial charge in [-0.3, -0.25) is 4.79 Å². The number of imide groups is 1. The molecular weight excluding hydrogens is 350 g/mol. The first kappa shape index (κ1) is 18.2. The van der Waals surface area contributed by atoms with Crippen LogP contribution in [0, 0.1) is 0 Å². The molecule has 0 bridgehead atoms. The third-order valence-corrected chi connectivity index (χ3v) is 4.36. The number of aromatic hydroxyl groups is 1. The highest BCUT2D eigenvalue weighted by Gasteiger charge is 2.49. The minimum Gasteiger partial charge on any atom is -0.504 e.